The molecule has 0 bridgehead atoms. The van der Waals surface area contributed by atoms with Crippen molar-refractivity contribution in [3.05, 3.63) is 0 Å². The number of carbonyl (C=O) groups excluding carboxylic acids is 1. The van der Waals surface area contributed by atoms with Crippen molar-refractivity contribution in [2.45, 2.75) is 44.2 Å². The summed E-state index contributed by atoms with van der Waals surface area (Å²) in [5.74, 6) is 3.05. The van der Waals surface area contributed by atoms with Crippen molar-refractivity contribution in [2.75, 3.05) is 0 Å². The molecule has 1 aliphatic carbocycles. The van der Waals surface area contributed by atoms with Crippen molar-refractivity contribution >= 4 is 6.09 Å². The van der Waals surface area contributed by atoms with Crippen LogP contribution in [0.4, 0.5) is 4.79 Å². The first-order valence-corrected chi connectivity index (χ1v) is 5.24. The van der Waals surface area contributed by atoms with Crippen molar-refractivity contribution in [1.29, 1.82) is 0 Å². The van der Waals surface area contributed by atoms with Gasteiger partial charge in [0.25, 0.3) is 0 Å². The summed E-state index contributed by atoms with van der Waals surface area (Å²) in [6, 6.07) is 0.0489. The maximum Gasteiger partial charge on any atom is 0.408 e. The molecule has 2 rings (SSSR count). The summed E-state index contributed by atoms with van der Waals surface area (Å²) >= 11 is 0. The van der Waals surface area contributed by atoms with Crippen LogP contribution in [0.3, 0.4) is 0 Å². The Kier molecular flexibility index (Phi) is 2.62. The summed E-state index contributed by atoms with van der Waals surface area (Å²) in [7, 11) is 0. The Bertz CT molecular complexity index is 263. The lowest BCUT2D eigenvalue weighted by Gasteiger charge is -2.27. The second-order valence-electron chi connectivity index (χ2n) is 4.06. The molecule has 76 valence electrons. The first kappa shape index (κ1) is 9.39. The molecule has 1 N–H and O–H groups in total. The van der Waals surface area contributed by atoms with Crippen LogP contribution in [0.5, 0.6) is 0 Å². The molecule has 0 aromatic carbocycles. The molecular formula is C11H15NO2. The molecule has 3 heteroatoms. The van der Waals surface area contributed by atoms with Crippen LogP contribution in [0.15, 0.2) is 0 Å². The van der Waals surface area contributed by atoms with Gasteiger partial charge in [0.15, 0.2) is 6.10 Å². The van der Waals surface area contributed by atoms with Crippen LogP contribution in [-0.2, 0) is 4.74 Å². The number of hydrogen-bond donors (Lipinski definition) is 1. The molecule has 1 saturated carbocycles. The number of carbonyl (C=O) groups is 1. The second kappa shape index (κ2) is 3.91. The molecule has 0 aromatic rings. The van der Waals surface area contributed by atoms with E-state index in [1.54, 1.807) is 0 Å². The first-order valence-electron chi connectivity index (χ1n) is 5.24. The SMILES string of the molecule is C#C[C@H]1OC(=O)N[C@H]1C1CCCCC1. The van der Waals surface area contributed by atoms with Crippen molar-refractivity contribution < 1.29 is 9.53 Å². The second-order valence-corrected chi connectivity index (χ2v) is 4.06. The van der Waals surface area contributed by atoms with Gasteiger partial charge in [-0.25, -0.2) is 4.79 Å². The third kappa shape index (κ3) is 1.70. The van der Waals surface area contributed by atoms with Crippen LogP contribution in [0, 0.1) is 18.3 Å². The van der Waals surface area contributed by atoms with Crippen LogP contribution in [0.2, 0.25) is 0 Å². The quantitative estimate of drug-likeness (QED) is 0.643. The van der Waals surface area contributed by atoms with E-state index in [0.29, 0.717) is 5.92 Å². The summed E-state index contributed by atoms with van der Waals surface area (Å²) in [5.41, 5.74) is 0. The van der Waals surface area contributed by atoms with Crippen molar-refractivity contribution in [2.24, 2.45) is 5.92 Å². The molecule has 1 amide bonds. The van der Waals surface area contributed by atoms with Gasteiger partial charge < -0.3 is 10.1 Å². The van der Waals surface area contributed by atoms with E-state index in [-0.39, 0.29) is 18.2 Å². The van der Waals surface area contributed by atoms with E-state index in [4.69, 9.17) is 11.2 Å². The fourth-order valence-corrected chi connectivity index (χ4v) is 2.43. The van der Waals surface area contributed by atoms with Gasteiger partial charge in [-0.3, -0.25) is 0 Å². The number of rotatable bonds is 1. The minimum Gasteiger partial charge on any atom is -0.431 e. The third-order valence-corrected chi connectivity index (χ3v) is 3.17. The average Bonchev–Trinajstić information content (AvgIpc) is 2.61. The predicted molar refractivity (Wildman–Crippen MR) is 52.6 cm³/mol. The Morgan fingerprint density at radius 1 is 1.36 bits per heavy atom. The van der Waals surface area contributed by atoms with Crippen LogP contribution >= 0.6 is 0 Å². The Balaban J connectivity index is 2.01. The number of alkyl carbamates (subject to hydrolysis) is 1. The first-order chi connectivity index (χ1) is 6.81. The highest BCUT2D eigenvalue weighted by molar-refractivity contribution is 5.71. The summed E-state index contributed by atoms with van der Waals surface area (Å²) in [5, 5.41) is 2.82. The zero-order valence-electron chi connectivity index (χ0n) is 8.16. The number of amides is 1. The topological polar surface area (TPSA) is 38.3 Å². The van der Waals surface area contributed by atoms with Crippen molar-refractivity contribution in [3.63, 3.8) is 0 Å². The Labute approximate surface area is 84.2 Å². The lowest BCUT2D eigenvalue weighted by atomic mass is 9.82. The van der Waals surface area contributed by atoms with Gasteiger partial charge in [-0.15, -0.1) is 6.42 Å². The third-order valence-electron chi connectivity index (χ3n) is 3.17. The van der Waals surface area contributed by atoms with E-state index in [2.05, 4.69) is 11.2 Å². The number of terminal acetylenes is 1. The van der Waals surface area contributed by atoms with Gasteiger partial charge >= 0.3 is 6.09 Å². The molecule has 3 nitrogen and oxygen atoms in total. The zero-order valence-corrected chi connectivity index (χ0v) is 8.16. The fraction of sp³-hybridized carbons (Fsp3) is 0.727. The summed E-state index contributed by atoms with van der Waals surface area (Å²) in [6.45, 7) is 0. The highest BCUT2D eigenvalue weighted by atomic mass is 16.6. The monoisotopic (exact) mass is 193 g/mol. The molecule has 1 aliphatic heterocycles. The van der Waals surface area contributed by atoms with Gasteiger partial charge in [-0.1, -0.05) is 25.2 Å². The number of cyclic esters (lactones) is 1. The largest absolute Gasteiger partial charge is 0.431 e. The fourth-order valence-electron chi connectivity index (χ4n) is 2.43. The van der Waals surface area contributed by atoms with Gasteiger partial charge in [0.1, 0.15) is 0 Å². The number of hydrogen-bond acceptors (Lipinski definition) is 2. The molecule has 0 spiro atoms. The van der Waals surface area contributed by atoms with E-state index >= 15 is 0 Å². The molecule has 0 aromatic heterocycles. The predicted octanol–water partition coefficient (Wildman–Crippen LogP) is 1.68. The van der Waals surface area contributed by atoms with Crippen LogP contribution in [0.25, 0.3) is 0 Å². The molecule has 2 fully saturated rings. The van der Waals surface area contributed by atoms with E-state index in [1.807, 2.05) is 0 Å². The van der Waals surface area contributed by atoms with Gasteiger partial charge in [0, 0.05) is 0 Å². The Morgan fingerprint density at radius 3 is 2.71 bits per heavy atom. The zero-order chi connectivity index (χ0) is 9.97. The lowest BCUT2D eigenvalue weighted by Crippen LogP contribution is -2.39. The number of ether oxygens (including phenoxy) is 1. The van der Waals surface area contributed by atoms with Gasteiger partial charge in [-0.2, -0.15) is 0 Å². The molecule has 1 heterocycles. The average molecular weight is 193 g/mol. The maximum absolute atomic E-state index is 11.0. The molecule has 1 saturated heterocycles. The van der Waals surface area contributed by atoms with Crippen molar-refractivity contribution in [3.8, 4) is 12.3 Å². The van der Waals surface area contributed by atoms with E-state index in [1.165, 1.54) is 19.3 Å². The Hall–Kier alpha value is -1.17. The van der Waals surface area contributed by atoms with E-state index in [9.17, 15) is 4.79 Å². The highest BCUT2D eigenvalue weighted by Gasteiger charge is 2.38. The minimum atomic E-state index is -0.358. The van der Waals surface area contributed by atoms with Crippen LogP contribution in [-0.4, -0.2) is 18.2 Å². The van der Waals surface area contributed by atoms with Gasteiger partial charge in [0.2, 0.25) is 0 Å². The smallest absolute Gasteiger partial charge is 0.408 e. The minimum absolute atomic E-state index is 0.0489. The van der Waals surface area contributed by atoms with E-state index < -0.39 is 0 Å². The molecule has 0 unspecified atom stereocenters. The van der Waals surface area contributed by atoms with E-state index in [0.717, 1.165) is 12.8 Å². The molecule has 14 heavy (non-hydrogen) atoms. The standard InChI is InChI=1S/C11H15NO2/c1-2-9-10(12-11(13)14-9)8-6-4-3-5-7-8/h1,8-10H,3-7H2,(H,12,13)/t9-,10+/m1/s1. The molecular weight excluding hydrogens is 178 g/mol. The lowest BCUT2D eigenvalue weighted by molar-refractivity contribution is 0.147. The maximum atomic E-state index is 11.0. The molecule has 2 atom stereocenters. The summed E-state index contributed by atoms with van der Waals surface area (Å²) in [6.07, 6.45) is 10.7. The molecule has 0 radical (unpaired) electrons. The van der Waals surface area contributed by atoms with Gasteiger partial charge in [-0.05, 0) is 18.8 Å². The Morgan fingerprint density at radius 2 is 2.07 bits per heavy atom. The van der Waals surface area contributed by atoms with Crippen LogP contribution < -0.4 is 5.32 Å². The number of nitrogens with one attached hydrogen (secondary N) is 1. The summed E-state index contributed by atoms with van der Waals surface area (Å²) < 4.78 is 4.99. The van der Waals surface area contributed by atoms with Crippen molar-refractivity contribution in [1.82, 2.24) is 5.32 Å². The normalized spacial score (nSPS) is 33.2. The van der Waals surface area contributed by atoms with Crippen LogP contribution in [0.1, 0.15) is 32.1 Å². The van der Waals surface area contributed by atoms with Gasteiger partial charge in [0.05, 0.1) is 6.04 Å². The summed E-state index contributed by atoms with van der Waals surface area (Å²) in [4.78, 5) is 11.0. The highest BCUT2D eigenvalue weighted by Crippen LogP contribution is 2.30. The molecule has 2 aliphatic rings.